The van der Waals surface area contributed by atoms with Crippen LogP contribution in [0.1, 0.15) is 40.4 Å². The Morgan fingerprint density at radius 2 is 1.88 bits per heavy atom. The fourth-order valence-corrected chi connectivity index (χ4v) is 5.55. The van der Waals surface area contributed by atoms with Crippen molar-refractivity contribution >= 4 is 27.9 Å². The van der Waals surface area contributed by atoms with Crippen LogP contribution in [0.4, 0.5) is 5.69 Å². The Hall–Kier alpha value is -4.12. The van der Waals surface area contributed by atoms with Crippen molar-refractivity contribution in [3.05, 3.63) is 124 Å². The predicted molar refractivity (Wildman–Crippen MR) is 132 cm³/mol. The van der Waals surface area contributed by atoms with E-state index in [2.05, 4.69) is 52.9 Å². The lowest BCUT2D eigenvalue weighted by Gasteiger charge is -2.44. The molecule has 1 N–H and O–H groups in total. The molecule has 2 aliphatic rings. The summed E-state index contributed by atoms with van der Waals surface area (Å²) in [6, 6.07) is 24.1. The zero-order valence-electron chi connectivity index (χ0n) is 18.1. The van der Waals surface area contributed by atoms with Crippen LogP contribution in [-0.4, -0.2) is 21.4 Å². The molecule has 5 nitrogen and oxygen atoms in total. The second-order valence-corrected chi connectivity index (χ2v) is 8.62. The maximum atomic E-state index is 11.7. The number of para-hydroxylation sites is 1. The van der Waals surface area contributed by atoms with Crippen LogP contribution >= 0.6 is 0 Å². The summed E-state index contributed by atoms with van der Waals surface area (Å²) in [7, 11) is 0. The molecule has 4 aromatic rings. The summed E-state index contributed by atoms with van der Waals surface area (Å²) < 4.78 is 0. The lowest BCUT2D eigenvalue weighted by atomic mass is 9.80. The van der Waals surface area contributed by atoms with Crippen molar-refractivity contribution in [2.45, 2.75) is 18.9 Å². The summed E-state index contributed by atoms with van der Waals surface area (Å²) in [5.74, 6) is 0. The van der Waals surface area contributed by atoms with Gasteiger partial charge in [0.15, 0.2) is 0 Å². The van der Waals surface area contributed by atoms with E-state index in [9.17, 15) is 10.1 Å². The third kappa shape index (κ3) is 2.93. The Labute approximate surface area is 191 Å². The van der Waals surface area contributed by atoms with Crippen LogP contribution in [0.25, 0.3) is 22.2 Å². The number of nitrogens with one attached hydrogen (secondary N) is 1. The molecule has 33 heavy (non-hydrogen) atoms. The highest BCUT2D eigenvalue weighted by Gasteiger charge is 2.39. The second-order valence-electron chi connectivity index (χ2n) is 8.62. The third-order valence-corrected chi connectivity index (χ3v) is 6.87. The van der Waals surface area contributed by atoms with Gasteiger partial charge < -0.3 is 9.88 Å². The highest BCUT2D eigenvalue weighted by molar-refractivity contribution is 5.95. The maximum Gasteiger partial charge on any atom is 0.270 e. The average Bonchev–Trinajstić information content (AvgIpc) is 3.23. The SMILES string of the molecule is C=CCC1=C(c2ccccc2)N2CCc3c([nH]c4ccccc34)C2c2ccc([N+](=O)[O-])cc21. The van der Waals surface area contributed by atoms with Gasteiger partial charge in [0.1, 0.15) is 0 Å². The van der Waals surface area contributed by atoms with E-state index in [-0.39, 0.29) is 16.7 Å². The maximum absolute atomic E-state index is 11.7. The van der Waals surface area contributed by atoms with Crippen molar-refractivity contribution in [2.75, 3.05) is 6.54 Å². The van der Waals surface area contributed by atoms with E-state index in [0.717, 1.165) is 46.4 Å². The van der Waals surface area contributed by atoms with Gasteiger partial charge in [-0.2, -0.15) is 0 Å². The first-order valence-electron chi connectivity index (χ1n) is 11.2. The van der Waals surface area contributed by atoms with Crippen LogP contribution in [0.5, 0.6) is 0 Å². The summed E-state index contributed by atoms with van der Waals surface area (Å²) >= 11 is 0. The van der Waals surface area contributed by atoms with E-state index in [1.165, 1.54) is 16.6 Å². The number of benzene rings is 3. The Morgan fingerprint density at radius 3 is 2.67 bits per heavy atom. The smallest absolute Gasteiger partial charge is 0.270 e. The van der Waals surface area contributed by atoms with Crippen molar-refractivity contribution in [3.63, 3.8) is 0 Å². The molecular weight excluding hydrogens is 410 g/mol. The van der Waals surface area contributed by atoms with Gasteiger partial charge in [-0.05, 0) is 52.8 Å². The van der Waals surface area contributed by atoms with Crippen LogP contribution in [0.3, 0.4) is 0 Å². The number of nitro groups is 1. The quantitative estimate of drug-likeness (QED) is 0.228. The molecule has 2 aliphatic heterocycles. The standard InChI is InChI=1S/C28H23N3O2/c1-2-8-22-24-17-19(31(32)33)13-14-23(24)28-26-21(20-11-6-7-12-25(20)29-26)15-16-30(28)27(22)18-9-4-3-5-10-18/h2-7,9-14,17,28-29H,1,8,15-16H2. The van der Waals surface area contributed by atoms with Crippen LogP contribution in [0.2, 0.25) is 0 Å². The summed E-state index contributed by atoms with van der Waals surface area (Å²) in [4.78, 5) is 17.5. The molecule has 0 bridgehead atoms. The minimum absolute atomic E-state index is 0.0271. The van der Waals surface area contributed by atoms with Crippen LogP contribution in [0, 0.1) is 10.1 Å². The molecule has 0 saturated carbocycles. The molecule has 3 aromatic carbocycles. The topological polar surface area (TPSA) is 62.2 Å². The van der Waals surface area contributed by atoms with Crippen LogP contribution in [-0.2, 0) is 6.42 Å². The molecule has 6 rings (SSSR count). The Kier molecular flexibility index (Phi) is 4.44. The molecular formula is C28H23N3O2. The minimum atomic E-state index is -0.310. The van der Waals surface area contributed by atoms with Gasteiger partial charge in [-0.3, -0.25) is 10.1 Å². The van der Waals surface area contributed by atoms with E-state index in [1.54, 1.807) is 12.1 Å². The van der Waals surface area contributed by atoms with Gasteiger partial charge in [-0.1, -0.05) is 54.6 Å². The van der Waals surface area contributed by atoms with Crippen molar-refractivity contribution in [1.82, 2.24) is 9.88 Å². The molecule has 1 atom stereocenters. The molecule has 0 fully saturated rings. The van der Waals surface area contributed by atoms with E-state index in [1.807, 2.05) is 30.3 Å². The van der Waals surface area contributed by atoms with Crippen LogP contribution in [0.15, 0.2) is 85.5 Å². The highest BCUT2D eigenvalue weighted by atomic mass is 16.6. The number of rotatable bonds is 4. The van der Waals surface area contributed by atoms with Gasteiger partial charge in [-0.15, -0.1) is 6.58 Å². The molecule has 1 unspecified atom stereocenters. The van der Waals surface area contributed by atoms with Gasteiger partial charge in [0.05, 0.1) is 11.0 Å². The fourth-order valence-electron chi connectivity index (χ4n) is 5.55. The Morgan fingerprint density at radius 1 is 1.09 bits per heavy atom. The van der Waals surface area contributed by atoms with E-state index in [4.69, 9.17) is 0 Å². The molecule has 0 amide bonds. The summed E-state index contributed by atoms with van der Waals surface area (Å²) in [6.45, 7) is 4.87. The Balaban J connectivity index is 1.67. The molecule has 0 radical (unpaired) electrons. The number of hydrogen-bond acceptors (Lipinski definition) is 3. The van der Waals surface area contributed by atoms with Crippen molar-refractivity contribution < 1.29 is 4.92 Å². The molecule has 162 valence electrons. The normalized spacial score (nSPS) is 16.8. The van der Waals surface area contributed by atoms with Crippen molar-refractivity contribution in [1.29, 1.82) is 0 Å². The largest absolute Gasteiger partial charge is 0.358 e. The lowest BCUT2D eigenvalue weighted by molar-refractivity contribution is -0.384. The van der Waals surface area contributed by atoms with Gasteiger partial charge in [-0.25, -0.2) is 0 Å². The number of nitrogens with zero attached hydrogens (tertiary/aromatic N) is 2. The Bertz CT molecular complexity index is 1450. The second kappa shape index (κ2) is 7.48. The number of allylic oxidation sites excluding steroid dienone is 2. The zero-order valence-corrected chi connectivity index (χ0v) is 18.1. The van der Waals surface area contributed by atoms with Gasteiger partial charge in [0.2, 0.25) is 0 Å². The first kappa shape index (κ1) is 19.6. The molecule has 5 heteroatoms. The number of nitro benzene ring substituents is 1. The predicted octanol–water partition coefficient (Wildman–Crippen LogP) is 6.48. The number of aromatic nitrogens is 1. The number of hydrogen-bond donors (Lipinski definition) is 1. The zero-order chi connectivity index (χ0) is 22.5. The average molecular weight is 434 g/mol. The van der Waals surface area contributed by atoms with Crippen molar-refractivity contribution in [3.8, 4) is 0 Å². The summed E-state index contributed by atoms with van der Waals surface area (Å²) in [5.41, 5.74) is 9.16. The fraction of sp³-hybridized carbons (Fsp3) is 0.143. The van der Waals surface area contributed by atoms with E-state index >= 15 is 0 Å². The molecule has 3 heterocycles. The first-order chi connectivity index (χ1) is 16.2. The van der Waals surface area contributed by atoms with E-state index < -0.39 is 0 Å². The van der Waals surface area contributed by atoms with Gasteiger partial charge >= 0.3 is 0 Å². The third-order valence-electron chi connectivity index (χ3n) is 6.87. The van der Waals surface area contributed by atoms with Gasteiger partial charge in [0, 0.05) is 41.0 Å². The number of fused-ring (bicyclic) bond motifs is 7. The number of H-pyrrole nitrogens is 1. The summed E-state index contributed by atoms with van der Waals surface area (Å²) in [5, 5.41) is 12.9. The number of aromatic amines is 1. The van der Waals surface area contributed by atoms with Crippen LogP contribution < -0.4 is 0 Å². The monoisotopic (exact) mass is 433 g/mol. The van der Waals surface area contributed by atoms with Gasteiger partial charge in [0.25, 0.3) is 5.69 Å². The molecule has 1 aromatic heterocycles. The minimum Gasteiger partial charge on any atom is -0.358 e. The number of non-ortho nitro benzene ring substituents is 1. The van der Waals surface area contributed by atoms with Crippen molar-refractivity contribution in [2.24, 2.45) is 0 Å². The molecule has 0 saturated heterocycles. The first-order valence-corrected chi connectivity index (χ1v) is 11.2. The summed E-state index contributed by atoms with van der Waals surface area (Å²) in [6.07, 6.45) is 3.47. The lowest BCUT2D eigenvalue weighted by Crippen LogP contribution is -2.38. The molecule has 0 spiro atoms. The highest BCUT2D eigenvalue weighted by Crippen LogP contribution is 2.50. The van der Waals surface area contributed by atoms with E-state index in [0.29, 0.717) is 6.42 Å². The molecule has 0 aliphatic carbocycles.